The van der Waals surface area contributed by atoms with E-state index in [2.05, 4.69) is 55.1 Å². The second kappa shape index (κ2) is 12.9. The van der Waals surface area contributed by atoms with Crippen molar-refractivity contribution in [3.63, 3.8) is 0 Å². The lowest BCUT2D eigenvalue weighted by molar-refractivity contribution is -0.134. The van der Waals surface area contributed by atoms with E-state index in [1.165, 1.54) is 17.3 Å². The van der Waals surface area contributed by atoms with Crippen molar-refractivity contribution in [1.82, 2.24) is 20.2 Å². The van der Waals surface area contributed by atoms with Gasteiger partial charge in [-0.15, -0.1) is 0 Å². The number of piperidine rings is 2. The fourth-order valence-electron chi connectivity index (χ4n) is 6.11. The molecule has 2 amide bonds. The van der Waals surface area contributed by atoms with Gasteiger partial charge in [-0.05, 0) is 49.4 Å². The molecular weight excluding hydrogens is 596 g/mol. The Morgan fingerprint density at radius 3 is 2.52 bits per heavy atom. The first-order valence-electron chi connectivity index (χ1n) is 15.2. The lowest BCUT2D eigenvalue weighted by Gasteiger charge is -2.37. The highest BCUT2D eigenvalue weighted by atomic mass is 35.5. The van der Waals surface area contributed by atoms with Crippen molar-refractivity contribution in [2.75, 3.05) is 54.8 Å². The fourth-order valence-corrected chi connectivity index (χ4v) is 7.28. The molecule has 0 saturated carbocycles. The number of aromatic nitrogens is 2. The third kappa shape index (κ3) is 6.96. The summed E-state index contributed by atoms with van der Waals surface area (Å²) in [5.74, 6) is 0.515. The number of nitrogens with zero attached hydrogens (tertiary/aromatic N) is 5. The van der Waals surface area contributed by atoms with Crippen LogP contribution in [0.25, 0.3) is 0 Å². The van der Waals surface area contributed by atoms with Gasteiger partial charge in [-0.25, -0.2) is 9.97 Å². The molecule has 6 rings (SSSR count). The van der Waals surface area contributed by atoms with Gasteiger partial charge in [0.1, 0.15) is 10.8 Å². The van der Waals surface area contributed by atoms with Crippen LogP contribution in [0, 0.1) is 0 Å². The summed E-state index contributed by atoms with van der Waals surface area (Å²) in [6, 6.07) is 14.3. The maximum atomic E-state index is 12.4. The molecule has 4 heterocycles. The topological polar surface area (TPSA) is 134 Å². The van der Waals surface area contributed by atoms with Gasteiger partial charge in [0.15, 0.2) is 5.82 Å². The maximum Gasteiger partial charge on any atom is 0.234 e. The van der Waals surface area contributed by atoms with Gasteiger partial charge in [-0.1, -0.05) is 53.7 Å². The smallest absolute Gasteiger partial charge is 0.234 e. The highest BCUT2D eigenvalue weighted by molar-refractivity contribution is 7.99. The molecule has 3 aromatic rings. The third-order valence-corrected chi connectivity index (χ3v) is 10.4. The zero-order chi connectivity index (χ0) is 30.8. The molecule has 3 saturated heterocycles. The Kier molecular flexibility index (Phi) is 9.00. The molecule has 5 N–H and O–H groups in total. The maximum absolute atomic E-state index is 12.4. The molecule has 1 unspecified atom stereocenters. The van der Waals surface area contributed by atoms with Gasteiger partial charge in [-0.3, -0.25) is 19.8 Å². The van der Waals surface area contributed by atoms with Crippen molar-refractivity contribution in [3.05, 3.63) is 64.8 Å². The van der Waals surface area contributed by atoms with Crippen molar-refractivity contribution < 1.29 is 9.59 Å². The molecule has 0 radical (unpaired) electrons. The number of rotatable bonds is 7. The van der Waals surface area contributed by atoms with Crippen LogP contribution in [-0.4, -0.2) is 71.5 Å². The van der Waals surface area contributed by atoms with Gasteiger partial charge < -0.3 is 21.3 Å². The van der Waals surface area contributed by atoms with Gasteiger partial charge in [0.05, 0.1) is 22.8 Å². The van der Waals surface area contributed by atoms with Crippen molar-refractivity contribution in [3.8, 4) is 0 Å². The number of halogens is 1. The third-order valence-electron chi connectivity index (χ3n) is 8.84. The minimum absolute atomic E-state index is 0.134. The Morgan fingerprint density at radius 2 is 1.80 bits per heavy atom. The Labute approximate surface area is 267 Å². The predicted molar refractivity (Wildman–Crippen MR) is 175 cm³/mol. The number of piperazine rings is 1. The van der Waals surface area contributed by atoms with Crippen molar-refractivity contribution in [2.24, 2.45) is 5.73 Å². The lowest BCUT2D eigenvalue weighted by Crippen LogP contribution is -2.48. The van der Waals surface area contributed by atoms with Crippen LogP contribution in [0.5, 0.6) is 0 Å². The second-order valence-electron chi connectivity index (χ2n) is 12.3. The zero-order valence-corrected chi connectivity index (χ0v) is 26.5. The summed E-state index contributed by atoms with van der Waals surface area (Å²) in [4.78, 5) is 41.0. The molecule has 0 bridgehead atoms. The van der Waals surface area contributed by atoms with Crippen molar-refractivity contribution >= 4 is 52.5 Å². The minimum Gasteiger partial charge on any atom is -0.381 e. The summed E-state index contributed by atoms with van der Waals surface area (Å²) in [7, 11) is 0. The number of hydrogen-bond acceptors (Lipinski definition) is 10. The van der Waals surface area contributed by atoms with Gasteiger partial charge in [0.2, 0.25) is 11.8 Å². The molecule has 3 aliphatic heterocycles. The van der Waals surface area contributed by atoms with Crippen LogP contribution in [0.1, 0.15) is 49.7 Å². The number of anilines is 3. The number of hydrogen-bond donors (Lipinski definition) is 3. The number of carbonyl (C=O) groups excluding carboxylic acids is 2. The average Bonchev–Trinajstić information content (AvgIpc) is 3.00. The number of nitrogens with one attached hydrogen (secondary N) is 1. The Bertz CT molecular complexity index is 1530. The van der Waals surface area contributed by atoms with Gasteiger partial charge in [0, 0.05) is 62.7 Å². The van der Waals surface area contributed by atoms with Gasteiger partial charge in [-0.2, -0.15) is 0 Å². The number of nitrogen functional groups attached to an aromatic ring is 1. The van der Waals surface area contributed by atoms with Crippen LogP contribution in [0.3, 0.4) is 0 Å². The van der Waals surface area contributed by atoms with E-state index >= 15 is 0 Å². The minimum atomic E-state index is -0.270. The number of benzene rings is 2. The first-order valence-corrected chi connectivity index (χ1v) is 16.4. The lowest BCUT2D eigenvalue weighted by atomic mass is 9.89. The quantitative estimate of drug-likeness (QED) is 0.327. The van der Waals surface area contributed by atoms with Gasteiger partial charge >= 0.3 is 0 Å². The molecule has 10 nitrogen and oxygen atoms in total. The standard InChI is InChI=1S/C32H39ClN8O2S/c1-32(35)10-12-41(13-11-32)26-19-36-31(29(34)37-26)44-25-7-3-6-24(28(25)33)40-16-14-39(15-17-40)20-21-4-2-5-22(18-21)23-8-9-27(42)38-30(23)43/h2-7,18-19,23H,8-17,20,35H2,1H3,(H2,34,37)(H,38,42,43). The molecule has 1 aromatic heterocycles. The number of nitrogens with two attached hydrogens (primary N) is 2. The number of amides is 2. The van der Waals surface area contributed by atoms with Crippen molar-refractivity contribution in [1.29, 1.82) is 0 Å². The average molecular weight is 635 g/mol. The van der Waals surface area contributed by atoms with Crippen LogP contribution in [0.15, 0.2) is 58.6 Å². The largest absolute Gasteiger partial charge is 0.381 e. The molecule has 12 heteroatoms. The molecule has 3 fully saturated rings. The molecule has 0 spiro atoms. The van der Waals surface area contributed by atoms with Crippen molar-refractivity contribution in [2.45, 2.75) is 60.5 Å². The van der Waals surface area contributed by atoms with Crippen LogP contribution in [0.4, 0.5) is 17.3 Å². The number of carbonyl (C=O) groups is 2. The summed E-state index contributed by atoms with van der Waals surface area (Å²) >= 11 is 8.40. The van der Waals surface area contributed by atoms with E-state index in [4.69, 9.17) is 23.1 Å². The van der Waals surface area contributed by atoms with E-state index in [0.717, 1.165) is 80.6 Å². The normalized spacial score (nSPS) is 20.9. The fraction of sp³-hybridized carbons (Fsp3) is 0.438. The summed E-state index contributed by atoms with van der Waals surface area (Å²) in [6.45, 7) is 8.02. The first-order chi connectivity index (χ1) is 21.1. The first kappa shape index (κ1) is 30.6. The van der Waals surface area contributed by atoms with Crippen LogP contribution in [0.2, 0.25) is 5.02 Å². The molecule has 1 atom stereocenters. The van der Waals surface area contributed by atoms with Crippen LogP contribution >= 0.6 is 23.4 Å². The van der Waals surface area contributed by atoms with Gasteiger partial charge in [0.25, 0.3) is 0 Å². The van der Waals surface area contributed by atoms with E-state index in [1.54, 1.807) is 6.20 Å². The van der Waals surface area contributed by atoms with E-state index in [9.17, 15) is 9.59 Å². The highest BCUT2D eigenvalue weighted by Crippen LogP contribution is 2.40. The van der Waals surface area contributed by atoms with Crippen LogP contribution in [-0.2, 0) is 16.1 Å². The van der Waals surface area contributed by atoms with E-state index < -0.39 is 0 Å². The van der Waals surface area contributed by atoms with E-state index in [0.29, 0.717) is 28.7 Å². The van der Waals surface area contributed by atoms with Crippen LogP contribution < -0.4 is 26.6 Å². The second-order valence-corrected chi connectivity index (χ2v) is 13.7. The molecule has 44 heavy (non-hydrogen) atoms. The summed E-state index contributed by atoms with van der Waals surface area (Å²) < 4.78 is 0. The molecule has 0 aliphatic carbocycles. The zero-order valence-electron chi connectivity index (χ0n) is 25.0. The molecule has 232 valence electrons. The van der Waals surface area contributed by atoms with E-state index in [1.807, 2.05) is 24.3 Å². The SMILES string of the molecule is CC1(N)CCN(c2cnc(Sc3cccc(N4CCN(Cc5cccc(C6CCC(=O)NC6=O)c5)CC4)c3Cl)c(N)n2)CC1. The predicted octanol–water partition coefficient (Wildman–Crippen LogP) is 4.02. The summed E-state index contributed by atoms with van der Waals surface area (Å²) in [6.07, 6.45) is 4.53. The Hall–Kier alpha value is -3.38. The number of imide groups is 1. The molecular formula is C32H39ClN8O2S. The van der Waals surface area contributed by atoms with E-state index in [-0.39, 0.29) is 23.3 Å². The Balaban J connectivity index is 1.06. The Morgan fingerprint density at radius 1 is 1.05 bits per heavy atom. The monoisotopic (exact) mass is 634 g/mol. The molecule has 3 aliphatic rings. The highest BCUT2D eigenvalue weighted by Gasteiger charge is 2.29. The molecule has 2 aromatic carbocycles. The summed E-state index contributed by atoms with van der Waals surface area (Å²) in [5, 5.41) is 3.79. The summed E-state index contributed by atoms with van der Waals surface area (Å²) in [5.41, 5.74) is 15.6.